The first-order chi connectivity index (χ1) is 28.2. The summed E-state index contributed by atoms with van der Waals surface area (Å²) in [6.45, 7) is 12.8. The van der Waals surface area contributed by atoms with Crippen LogP contribution in [0.15, 0.2) is 128 Å². The third-order valence-electron chi connectivity index (χ3n) is 9.82. The molecule has 1 aliphatic heterocycles. The van der Waals surface area contributed by atoms with Gasteiger partial charge in [-0.1, -0.05) is 91.0 Å². The summed E-state index contributed by atoms with van der Waals surface area (Å²) in [5.74, 6) is 1.64. The molecular formula is C48H39N5OPt+2. The summed E-state index contributed by atoms with van der Waals surface area (Å²) >= 11 is 0. The van der Waals surface area contributed by atoms with Crippen LogP contribution < -0.4 is 13.9 Å². The second-order valence-electron chi connectivity index (χ2n) is 14.7. The fraction of sp³-hybridized carbons (Fsp3) is 0.146. The summed E-state index contributed by atoms with van der Waals surface area (Å²) in [5.41, 5.74) is 9.88. The zero-order valence-electron chi connectivity index (χ0n) is 36.2. The van der Waals surface area contributed by atoms with Gasteiger partial charge >= 0.3 is 27.1 Å². The molecule has 4 heterocycles. The van der Waals surface area contributed by atoms with E-state index in [-0.39, 0.29) is 44.3 Å². The average Bonchev–Trinajstić information content (AvgIpc) is 3.75. The molecular weight excluding hydrogens is 858 g/mol. The van der Waals surface area contributed by atoms with Crippen molar-refractivity contribution in [1.29, 1.82) is 0 Å². The van der Waals surface area contributed by atoms with Crippen molar-refractivity contribution in [2.75, 3.05) is 0 Å². The van der Waals surface area contributed by atoms with Crippen LogP contribution in [0.3, 0.4) is 0 Å². The zero-order chi connectivity index (χ0) is 41.5. The van der Waals surface area contributed by atoms with Gasteiger partial charge < -0.3 is 9.30 Å². The van der Waals surface area contributed by atoms with Gasteiger partial charge in [-0.25, -0.2) is 4.98 Å². The Balaban J connectivity index is 0.00000499. The molecule has 0 atom stereocenters. The van der Waals surface area contributed by atoms with Crippen LogP contribution >= 0.6 is 0 Å². The zero-order valence-corrected chi connectivity index (χ0v) is 33.5. The minimum atomic E-state index is -0.457. The quantitative estimate of drug-likeness (QED) is 0.123. The molecule has 0 bridgehead atoms. The predicted octanol–water partition coefficient (Wildman–Crippen LogP) is 11.7. The maximum atomic E-state index is 8.77. The number of aromatic nitrogens is 3. The number of nitrogens with zero attached hydrogens (tertiary/aromatic N) is 5. The Bertz CT molecular complexity index is 3110. The van der Waals surface area contributed by atoms with Crippen molar-refractivity contribution in [2.24, 2.45) is 0 Å². The molecule has 55 heavy (non-hydrogen) atoms. The Morgan fingerprint density at radius 3 is 2.27 bits per heavy atom. The maximum absolute atomic E-state index is 8.77. The van der Waals surface area contributed by atoms with Crippen LogP contribution in [0.1, 0.15) is 49.9 Å². The van der Waals surface area contributed by atoms with Crippen LogP contribution in [0.4, 0.5) is 22.7 Å². The first kappa shape index (κ1) is 30.4. The van der Waals surface area contributed by atoms with E-state index in [2.05, 4.69) is 87.4 Å². The Kier molecular flexibility index (Phi) is 7.76. The number of benzene rings is 5. The van der Waals surface area contributed by atoms with Gasteiger partial charge in [-0.3, -0.25) is 4.98 Å². The number of fused-ring (bicyclic) bond motifs is 4. The average molecular weight is 902 g/mol. The van der Waals surface area contributed by atoms with Gasteiger partial charge in [-0.2, -0.15) is 6.07 Å². The molecule has 0 saturated carbocycles. The summed E-state index contributed by atoms with van der Waals surface area (Å²) in [6, 6.07) is 34.3. The Morgan fingerprint density at radius 1 is 0.782 bits per heavy atom. The smallest absolute Gasteiger partial charge is 0.509 e. The largest absolute Gasteiger partial charge is 2.00 e. The van der Waals surface area contributed by atoms with E-state index in [0.29, 0.717) is 28.6 Å². The molecule has 1 aliphatic rings. The van der Waals surface area contributed by atoms with Gasteiger partial charge in [-0.05, 0) is 76.6 Å². The summed E-state index contributed by atoms with van der Waals surface area (Å²) in [6.07, 6.45) is 5.47. The second kappa shape index (κ2) is 14.0. The maximum Gasteiger partial charge on any atom is 2.00 e. The molecule has 0 fully saturated rings. The van der Waals surface area contributed by atoms with E-state index < -0.39 is 18.1 Å². The summed E-state index contributed by atoms with van der Waals surface area (Å²) in [5, 5.41) is 2.00. The molecule has 0 unspecified atom stereocenters. The van der Waals surface area contributed by atoms with Gasteiger partial charge in [0.2, 0.25) is 5.69 Å². The van der Waals surface area contributed by atoms with Gasteiger partial charge in [0.05, 0.1) is 18.6 Å². The van der Waals surface area contributed by atoms with Crippen molar-refractivity contribution in [1.82, 2.24) is 23.7 Å². The molecule has 0 aliphatic carbocycles. The van der Waals surface area contributed by atoms with Crippen LogP contribution in [0.2, 0.25) is 0 Å². The standard InChI is InChI=1S/C48H39N5O.Pt/c1-31-22-32(2)47(33(3)23-31)34-24-37(52-30-51(36-12-8-7-9-13-36)42-14-10-11-15-43(42)52)27-39(25-34)54-38-16-17-40-41-19-20-49-29-45(41)53(44(40)28-38)46-26-35(18-21-50-46)48(4,5)6;/h7-26,29H,1-6H3;/q;+2/i7D,8D,9D,12D,13D;. The Hall–Kier alpha value is -5.93. The van der Waals surface area contributed by atoms with E-state index in [0.717, 1.165) is 61.0 Å². The number of aryl methyl sites for hydroxylation is 3. The second-order valence-corrected chi connectivity index (χ2v) is 14.7. The third kappa shape index (κ3) is 6.52. The molecule has 0 amide bonds. The van der Waals surface area contributed by atoms with E-state index in [9.17, 15) is 0 Å². The molecule has 0 spiro atoms. The predicted molar refractivity (Wildman–Crippen MR) is 220 cm³/mol. The number of para-hydroxylation sites is 3. The number of hydrogen-bond donors (Lipinski definition) is 0. The van der Waals surface area contributed by atoms with Crippen LogP contribution in [-0.4, -0.2) is 20.5 Å². The van der Waals surface area contributed by atoms with E-state index in [1.54, 1.807) is 10.8 Å². The van der Waals surface area contributed by atoms with Gasteiger partial charge in [0, 0.05) is 48.1 Å². The van der Waals surface area contributed by atoms with E-state index >= 15 is 0 Å². The van der Waals surface area contributed by atoms with E-state index in [1.807, 2.05) is 73.1 Å². The molecule has 270 valence electrons. The third-order valence-corrected chi connectivity index (χ3v) is 9.82. The Labute approximate surface area is 343 Å². The molecule has 3 aromatic heterocycles. The van der Waals surface area contributed by atoms with Gasteiger partial charge in [0.1, 0.15) is 11.5 Å². The molecule has 5 aromatic carbocycles. The summed E-state index contributed by atoms with van der Waals surface area (Å²) < 4.78 is 54.6. The van der Waals surface area contributed by atoms with Crippen LogP contribution in [0.5, 0.6) is 11.5 Å². The van der Waals surface area contributed by atoms with Crippen LogP contribution in [0.25, 0.3) is 38.8 Å². The minimum Gasteiger partial charge on any atom is -0.509 e. The van der Waals surface area contributed by atoms with Crippen LogP contribution in [-0.2, 0) is 26.5 Å². The fourth-order valence-corrected chi connectivity index (χ4v) is 7.44. The van der Waals surface area contributed by atoms with Gasteiger partial charge in [-0.15, -0.1) is 29.1 Å². The van der Waals surface area contributed by atoms with E-state index in [1.165, 1.54) is 4.58 Å². The molecule has 0 radical (unpaired) electrons. The molecule has 0 saturated heterocycles. The van der Waals surface area contributed by atoms with Crippen molar-refractivity contribution < 1.29 is 32.7 Å². The monoisotopic (exact) mass is 901 g/mol. The van der Waals surface area contributed by atoms with Crippen molar-refractivity contribution in [3.8, 4) is 28.4 Å². The number of ether oxygens (including phenoxy) is 1. The normalized spacial score (nSPS) is 13.6. The topological polar surface area (TPSA) is 46.0 Å². The first-order valence-electron chi connectivity index (χ1n) is 20.3. The molecule has 7 heteroatoms. The molecule has 8 aromatic rings. The first-order valence-corrected chi connectivity index (χ1v) is 17.8. The van der Waals surface area contributed by atoms with Gasteiger partial charge in [0.25, 0.3) is 11.4 Å². The Morgan fingerprint density at radius 2 is 1.53 bits per heavy atom. The van der Waals surface area contributed by atoms with Crippen molar-refractivity contribution in [3.05, 3.63) is 162 Å². The van der Waals surface area contributed by atoms with Crippen LogP contribution in [0, 0.1) is 32.9 Å². The fourth-order valence-electron chi connectivity index (χ4n) is 7.44. The minimum absolute atomic E-state index is 0. The number of rotatable bonds is 6. The number of hydrogen-bond acceptors (Lipinski definition) is 3. The van der Waals surface area contributed by atoms with E-state index in [4.69, 9.17) is 16.6 Å². The summed E-state index contributed by atoms with van der Waals surface area (Å²) in [7, 11) is 0. The van der Waals surface area contributed by atoms with Crippen molar-refractivity contribution >= 4 is 50.6 Å². The van der Waals surface area contributed by atoms with Crippen molar-refractivity contribution in [3.63, 3.8) is 0 Å². The molecule has 0 N–H and O–H groups in total. The summed E-state index contributed by atoms with van der Waals surface area (Å²) in [4.78, 5) is 9.27. The van der Waals surface area contributed by atoms with Gasteiger partial charge in [0.15, 0.2) is 0 Å². The molecule has 6 nitrogen and oxygen atoms in total. The SMILES string of the molecule is [2H]c1c([2H])c([2H])c([N+]2=C=[N+](c3[c-]c(Oc4[c-]c5c(cc4)c4ccncc4n5-c4cc(C(C)(C)C)ccn4)cc(-c4c(C)cc(C)cc4C)c3)c3ccccc32)c([2H])c1[2H].[Pt+2]. The number of pyridine rings is 2. The van der Waals surface area contributed by atoms with Crippen molar-refractivity contribution in [2.45, 2.75) is 47.0 Å². The molecule has 9 rings (SSSR count).